The molecule has 2 aromatic carbocycles. The molecular formula is C16H16N2O2. The Morgan fingerprint density at radius 1 is 1.05 bits per heavy atom. The largest absolute Gasteiger partial charge is 0.507 e. The number of phenols is 1. The van der Waals surface area contributed by atoms with Gasteiger partial charge in [-0.15, -0.1) is 0 Å². The highest BCUT2D eigenvalue weighted by atomic mass is 16.5. The first-order valence-corrected chi connectivity index (χ1v) is 6.51. The predicted molar refractivity (Wildman–Crippen MR) is 77.6 cm³/mol. The Balaban J connectivity index is 2.14. The minimum Gasteiger partial charge on any atom is -0.507 e. The second kappa shape index (κ2) is 4.34. The molecule has 3 aromatic rings. The van der Waals surface area contributed by atoms with Crippen LogP contribution in [0.15, 0.2) is 40.9 Å². The number of hydrogen-bond acceptors (Lipinski definition) is 4. The van der Waals surface area contributed by atoms with Crippen LogP contribution in [0.3, 0.4) is 0 Å². The number of aromatic nitrogens is 2. The molecule has 0 saturated carbocycles. The van der Waals surface area contributed by atoms with Crippen LogP contribution < -0.4 is 0 Å². The van der Waals surface area contributed by atoms with Gasteiger partial charge >= 0.3 is 0 Å². The van der Waals surface area contributed by atoms with Crippen LogP contribution in [0.4, 0.5) is 0 Å². The van der Waals surface area contributed by atoms with Crippen LogP contribution in [0.2, 0.25) is 0 Å². The summed E-state index contributed by atoms with van der Waals surface area (Å²) < 4.78 is 5.29. The van der Waals surface area contributed by atoms with E-state index in [2.05, 4.69) is 10.1 Å². The van der Waals surface area contributed by atoms with Gasteiger partial charge in [-0.3, -0.25) is 0 Å². The zero-order valence-corrected chi connectivity index (χ0v) is 11.7. The molecule has 1 N–H and O–H groups in total. The van der Waals surface area contributed by atoms with Crippen molar-refractivity contribution in [2.45, 2.75) is 26.2 Å². The van der Waals surface area contributed by atoms with Crippen LogP contribution in [-0.4, -0.2) is 15.2 Å². The monoisotopic (exact) mass is 268 g/mol. The van der Waals surface area contributed by atoms with Gasteiger partial charge in [0.2, 0.25) is 0 Å². The third-order valence-corrected chi connectivity index (χ3v) is 3.19. The lowest BCUT2D eigenvalue weighted by Crippen LogP contribution is -2.13. The van der Waals surface area contributed by atoms with Crippen molar-refractivity contribution < 1.29 is 9.63 Å². The SMILES string of the molecule is CC(C)(C)c1noc(-c2cc3ccccc3cc2O)n1. The third kappa shape index (κ3) is 2.13. The van der Waals surface area contributed by atoms with E-state index in [9.17, 15) is 5.11 Å². The standard InChI is InChI=1S/C16H16N2O2/c1-16(2,3)15-17-14(20-18-15)12-8-10-6-4-5-7-11(10)9-13(12)19/h4-9,19H,1-3H3. The van der Waals surface area contributed by atoms with Gasteiger partial charge < -0.3 is 9.63 Å². The normalized spacial score (nSPS) is 11.9. The van der Waals surface area contributed by atoms with Gasteiger partial charge in [-0.2, -0.15) is 4.98 Å². The Labute approximate surface area is 117 Å². The molecule has 0 spiro atoms. The summed E-state index contributed by atoms with van der Waals surface area (Å²) in [5.74, 6) is 1.12. The van der Waals surface area contributed by atoms with E-state index < -0.39 is 0 Å². The van der Waals surface area contributed by atoms with Crippen molar-refractivity contribution in [1.29, 1.82) is 0 Å². The lowest BCUT2D eigenvalue weighted by molar-refractivity contribution is 0.399. The molecule has 0 unspecified atom stereocenters. The topological polar surface area (TPSA) is 59.2 Å². The Bertz CT molecular complexity index is 769. The quantitative estimate of drug-likeness (QED) is 0.727. The maximum atomic E-state index is 10.1. The molecule has 4 nitrogen and oxygen atoms in total. The summed E-state index contributed by atoms with van der Waals surface area (Å²) in [6, 6.07) is 11.4. The average molecular weight is 268 g/mol. The fraction of sp³-hybridized carbons (Fsp3) is 0.250. The van der Waals surface area contributed by atoms with Gasteiger partial charge in [-0.05, 0) is 22.9 Å². The highest BCUT2D eigenvalue weighted by molar-refractivity contribution is 5.89. The van der Waals surface area contributed by atoms with Crippen molar-refractivity contribution in [3.63, 3.8) is 0 Å². The first-order valence-electron chi connectivity index (χ1n) is 6.51. The molecule has 0 bridgehead atoms. The minimum atomic E-state index is -0.186. The van der Waals surface area contributed by atoms with Crippen molar-refractivity contribution in [3.8, 4) is 17.2 Å². The number of fused-ring (bicyclic) bond motifs is 1. The number of aromatic hydroxyl groups is 1. The first kappa shape index (κ1) is 12.7. The molecule has 102 valence electrons. The second-order valence-corrected chi connectivity index (χ2v) is 5.89. The second-order valence-electron chi connectivity index (χ2n) is 5.89. The zero-order valence-electron chi connectivity index (χ0n) is 11.7. The van der Waals surface area contributed by atoms with E-state index in [-0.39, 0.29) is 11.2 Å². The Hall–Kier alpha value is -2.36. The molecule has 0 aliphatic carbocycles. The Morgan fingerprint density at radius 2 is 1.70 bits per heavy atom. The molecule has 0 amide bonds. The number of benzene rings is 2. The first-order chi connectivity index (χ1) is 9.45. The van der Waals surface area contributed by atoms with Crippen molar-refractivity contribution in [3.05, 3.63) is 42.2 Å². The highest BCUT2D eigenvalue weighted by Gasteiger charge is 2.22. The third-order valence-electron chi connectivity index (χ3n) is 3.19. The molecule has 0 atom stereocenters. The zero-order chi connectivity index (χ0) is 14.3. The number of hydrogen-bond donors (Lipinski definition) is 1. The van der Waals surface area contributed by atoms with Gasteiger partial charge in [0, 0.05) is 5.41 Å². The van der Waals surface area contributed by atoms with Crippen LogP contribution >= 0.6 is 0 Å². The van der Waals surface area contributed by atoms with Gasteiger partial charge in [-0.1, -0.05) is 50.2 Å². The summed E-state index contributed by atoms with van der Waals surface area (Å²) in [5, 5.41) is 16.1. The van der Waals surface area contributed by atoms with Gasteiger partial charge in [-0.25, -0.2) is 0 Å². The van der Waals surface area contributed by atoms with E-state index in [0.717, 1.165) is 10.8 Å². The predicted octanol–water partition coefficient (Wildman–Crippen LogP) is 3.89. The van der Waals surface area contributed by atoms with Crippen molar-refractivity contribution in [1.82, 2.24) is 10.1 Å². The van der Waals surface area contributed by atoms with Crippen molar-refractivity contribution in [2.75, 3.05) is 0 Å². The maximum Gasteiger partial charge on any atom is 0.261 e. The molecule has 1 aromatic heterocycles. The molecule has 0 saturated heterocycles. The molecule has 0 aliphatic heterocycles. The molecule has 3 rings (SSSR count). The van der Waals surface area contributed by atoms with Crippen molar-refractivity contribution >= 4 is 10.8 Å². The van der Waals surface area contributed by atoms with Crippen LogP contribution in [0.5, 0.6) is 5.75 Å². The molecule has 20 heavy (non-hydrogen) atoms. The Kier molecular flexibility index (Phi) is 2.74. The number of rotatable bonds is 1. The smallest absolute Gasteiger partial charge is 0.261 e. The van der Waals surface area contributed by atoms with Gasteiger partial charge in [0.25, 0.3) is 5.89 Å². The fourth-order valence-electron chi connectivity index (χ4n) is 2.04. The van der Waals surface area contributed by atoms with Crippen LogP contribution in [0.25, 0.3) is 22.2 Å². The van der Waals surface area contributed by atoms with Crippen LogP contribution in [0, 0.1) is 0 Å². The molecule has 4 heteroatoms. The summed E-state index contributed by atoms with van der Waals surface area (Å²) in [7, 11) is 0. The van der Waals surface area contributed by atoms with Crippen LogP contribution in [0.1, 0.15) is 26.6 Å². The summed E-state index contributed by atoms with van der Waals surface area (Å²) in [5.41, 5.74) is 0.375. The number of phenolic OH excluding ortho intramolecular Hbond substituents is 1. The molecule has 0 fully saturated rings. The summed E-state index contributed by atoms with van der Waals surface area (Å²) in [4.78, 5) is 4.38. The van der Waals surface area contributed by atoms with Crippen LogP contribution in [-0.2, 0) is 5.41 Å². The average Bonchev–Trinajstić information content (AvgIpc) is 2.87. The maximum absolute atomic E-state index is 10.1. The lowest BCUT2D eigenvalue weighted by atomic mass is 9.96. The Morgan fingerprint density at radius 3 is 2.30 bits per heavy atom. The van der Waals surface area contributed by atoms with E-state index >= 15 is 0 Å². The van der Waals surface area contributed by atoms with E-state index in [1.54, 1.807) is 6.07 Å². The fourth-order valence-corrected chi connectivity index (χ4v) is 2.04. The van der Waals surface area contributed by atoms with Gasteiger partial charge in [0.15, 0.2) is 5.82 Å². The van der Waals surface area contributed by atoms with E-state index in [1.807, 2.05) is 51.1 Å². The lowest BCUT2D eigenvalue weighted by Gasteiger charge is -2.10. The summed E-state index contributed by atoms with van der Waals surface area (Å²) in [6.07, 6.45) is 0. The molecule has 0 aliphatic rings. The molecule has 1 heterocycles. The minimum absolute atomic E-state index is 0.146. The van der Waals surface area contributed by atoms with E-state index in [4.69, 9.17) is 4.52 Å². The molecule has 0 radical (unpaired) electrons. The summed E-state index contributed by atoms with van der Waals surface area (Å²) >= 11 is 0. The summed E-state index contributed by atoms with van der Waals surface area (Å²) in [6.45, 7) is 6.05. The van der Waals surface area contributed by atoms with E-state index in [0.29, 0.717) is 17.3 Å². The van der Waals surface area contributed by atoms with E-state index in [1.165, 1.54) is 0 Å². The van der Waals surface area contributed by atoms with Crippen molar-refractivity contribution in [2.24, 2.45) is 0 Å². The van der Waals surface area contributed by atoms with Gasteiger partial charge in [0.1, 0.15) is 5.75 Å². The molecular weight excluding hydrogens is 252 g/mol. The highest BCUT2D eigenvalue weighted by Crippen LogP contribution is 2.33. The van der Waals surface area contributed by atoms with Gasteiger partial charge in [0.05, 0.1) is 5.56 Å². The number of nitrogens with zero attached hydrogens (tertiary/aromatic N) is 2.